The molecule has 1 nitrogen and oxygen atoms in total. The second-order valence-electron chi connectivity index (χ2n) is 3.56. The number of hydrogen-bond acceptors (Lipinski definition) is 1. The summed E-state index contributed by atoms with van der Waals surface area (Å²) in [7, 11) is 7.85. The van der Waals surface area contributed by atoms with Gasteiger partial charge in [0.15, 0.2) is 0 Å². The Bertz CT molecular complexity index is 232. The van der Waals surface area contributed by atoms with Crippen LogP contribution in [0, 0.1) is 13.8 Å². The van der Waals surface area contributed by atoms with Gasteiger partial charge in [0, 0.05) is 19.8 Å². The first-order valence-corrected chi connectivity index (χ1v) is 5.71. The smallest absolute Gasteiger partial charge is 0.378 e. The van der Waals surface area contributed by atoms with E-state index in [1.807, 2.05) is 40.1 Å². The summed E-state index contributed by atoms with van der Waals surface area (Å²) in [5.41, 5.74) is 2.28. The van der Waals surface area contributed by atoms with E-state index in [2.05, 4.69) is 38.7 Å². The Morgan fingerprint density at radius 2 is 1.29 bits per heavy atom. The third-order valence-electron chi connectivity index (χ3n) is 1.45. The van der Waals surface area contributed by atoms with Gasteiger partial charge >= 0.3 is 16.5 Å². The fraction of sp³-hybridized carbons (Fsp3) is 0.429. The van der Waals surface area contributed by atoms with Gasteiger partial charge in [0.05, 0.1) is 0 Å². The van der Waals surface area contributed by atoms with Gasteiger partial charge in [0.1, 0.15) is 7.85 Å². The quantitative estimate of drug-likeness (QED) is 0.563. The molecule has 0 spiro atoms. The molecule has 0 aliphatic rings. The van der Waals surface area contributed by atoms with E-state index in [4.69, 9.17) is 0 Å². The Hall–Kier alpha value is -0.422. The summed E-state index contributed by atoms with van der Waals surface area (Å²) in [6.07, 6.45) is 2.00. The third kappa shape index (κ3) is 15.6. The topological polar surface area (TPSA) is 3.24 Å². The number of anilines is 1. The van der Waals surface area contributed by atoms with E-state index in [0.717, 1.165) is 18.3 Å². The van der Waals surface area contributed by atoms with Crippen LogP contribution in [0.2, 0.25) is 0 Å². The zero-order valence-electron chi connectivity index (χ0n) is 11.6. The molecule has 0 bridgehead atoms. The van der Waals surface area contributed by atoms with Crippen LogP contribution in [0.3, 0.4) is 0 Å². The Morgan fingerprint density at radius 3 is 1.53 bits per heavy atom. The van der Waals surface area contributed by atoms with Crippen molar-refractivity contribution in [3.05, 3.63) is 38.1 Å². The molecule has 0 N–H and O–H groups in total. The van der Waals surface area contributed by atoms with E-state index in [9.17, 15) is 0 Å². The average Bonchev–Trinajstić information content (AvgIpc) is 2.20. The van der Waals surface area contributed by atoms with Gasteiger partial charge < -0.3 is 18.7 Å². The van der Waals surface area contributed by atoms with Gasteiger partial charge in [-0.2, -0.15) is 12.8 Å². The van der Waals surface area contributed by atoms with Crippen molar-refractivity contribution in [3.8, 4) is 0 Å². The molecule has 0 aliphatic heterocycles. The van der Waals surface area contributed by atoms with Crippen molar-refractivity contribution in [1.82, 2.24) is 0 Å². The third-order valence-corrected chi connectivity index (χ3v) is 1.45. The molecular weight excluding hydrogens is 252 g/mol. The number of hydrogen-bond donors (Lipinski definition) is 0. The van der Waals surface area contributed by atoms with Crippen LogP contribution >= 0.6 is 0 Å². The summed E-state index contributed by atoms with van der Waals surface area (Å²) in [6, 6.07) is 8.13. The molecule has 0 saturated carbocycles. The average molecular weight is 277 g/mol. The fourth-order valence-electron chi connectivity index (χ4n) is 0.794. The molecule has 0 amide bonds. The van der Waals surface area contributed by atoms with Crippen molar-refractivity contribution in [1.29, 1.82) is 0 Å². The predicted molar refractivity (Wildman–Crippen MR) is 78.8 cm³/mol. The molecule has 1 aromatic carbocycles. The summed E-state index contributed by atoms with van der Waals surface area (Å²) < 4.78 is 0. The summed E-state index contributed by atoms with van der Waals surface area (Å²) in [4.78, 5) is 2.07. The monoisotopic (exact) mass is 276 g/mol. The van der Waals surface area contributed by atoms with Crippen molar-refractivity contribution in [2.45, 2.75) is 26.7 Å². The van der Waals surface area contributed by atoms with Crippen LogP contribution in [-0.4, -0.2) is 21.9 Å². The van der Waals surface area contributed by atoms with E-state index >= 15 is 0 Å². The maximum atomic E-state index is 3.80. The first-order chi connectivity index (χ1) is 7.53. The molecule has 1 rings (SSSR count). The summed E-state index contributed by atoms with van der Waals surface area (Å²) in [5.74, 6) is 0. The van der Waals surface area contributed by atoms with Crippen LogP contribution in [0.1, 0.15) is 26.7 Å². The molecule has 0 saturated heterocycles. The van der Waals surface area contributed by atoms with Crippen molar-refractivity contribution < 1.29 is 16.5 Å². The molecule has 17 heavy (non-hydrogen) atoms. The molecule has 0 aromatic heterocycles. The molecule has 99 valence electrons. The first-order valence-electron chi connectivity index (χ1n) is 5.71. The Balaban J connectivity index is -0.000000240. The first kappa shape index (κ1) is 21.8. The van der Waals surface area contributed by atoms with E-state index in [0.29, 0.717) is 0 Å². The van der Waals surface area contributed by atoms with Crippen molar-refractivity contribution in [2.75, 3.05) is 19.0 Å². The van der Waals surface area contributed by atoms with Gasteiger partial charge in [-0.15, -0.1) is 0 Å². The van der Waals surface area contributed by atoms with Gasteiger partial charge in [0.25, 0.3) is 0 Å². The van der Waals surface area contributed by atoms with E-state index in [-0.39, 0.29) is 16.5 Å². The molecule has 3 heteroatoms. The molecule has 0 fully saturated rings. The van der Waals surface area contributed by atoms with Crippen LogP contribution in [0.5, 0.6) is 0 Å². The Kier molecular flexibility index (Phi) is 20.0. The Morgan fingerprint density at radius 1 is 1.00 bits per heavy atom. The van der Waals surface area contributed by atoms with E-state index in [1.54, 1.807) is 0 Å². The maximum Gasteiger partial charge on any atom is 2.00 e. The number of rotatable bonds is 1. The van der Waals surface area contributed by atoms with E-state index in [1.165, 1.54) is 5.69 Å². The van der Waals surface area contributed by atoms with Crippen LogP contribution < -0.4 is 10.4 Å². The van der Waals surface area contributed by atoms with Gasteiger partial charge in [-0.3, -0.25) is 0 Å². The van der Waals surface area contributed by atoms with Gasteiger partial charge in [-0.05, 0) is 12.1 Å². The maximum absolute atomic E-state index is 3.80. The number of nitrogens with zero attached hydrogens (tertiary/aromatic N) is 1. The zero-order chi connectivity index (χ0) is 13.0. The van der Waals surface area contributed by atoms with Crippen molar-refractivity contribution in [3.63, 3.8) is 0 Å². The van der Waals surface area contributed by atoms with Gasteiger partial charge in [-0.1, -0.05) is 31.4 Å². The van der Waals surface area contributed by atoms with Gasteiger partial charge in [-0.25, -0.2) is 0 Å². The standard InChI is InChI=1S/C8H11BN.2C3H7.Ni/c1-10(2)8-5-3-7(9)4-6-8;2*1-3-2;/h3-6,9H,1-2H3;2*1,3H2,2H3;/q;2*-1;+2. The fourth-order valence-corrected chi connectivity index (χ4v) is 0.794. The summed E-state index contributed by atoms with van der Waals surface area (Å²) >= 11 is 0. The normalized spacial score (nSPS) is 7.65. The largest absolute Gasteiger partial charge is 2.00 e. The second-order valence-corrected chi connectivity index (χ2v) is 3.56. The SMILES string of the molecule is [BH]c1ccc(N(C)C)cc1.[CH2-]CC.[CH2-]CC.[Ni+2]. The summed E-state index contributed by atoms with van der Waals surface area (Å²) in [6.45, 7) is 11.0. The van der Waals surface area contributed by atoms with Crippen LogP contribution in [-0.2, 0) is 16.5 Å². The van der Waals surface area contributed by atoms with Crippen LogP contribution in [0.15, 0.2) is 24.3 Å². The molecule has 1 radical (unpaired) electrons. The molecule has 0 atom stereocenters. The molecule has 1 aromatic rings. The minimum Gasteiger partial charge on any atom is -0.378 e. The number of benzene rings is 1. The second kappa shape index (κ2) is 15.6. The molecule has 0 aliphatic carbocycles. The van der Waals surface area contributed by atoms with Crippen molar-refractivity contribution >= 4 is 19.0 Å². The molecule has 0 unspecified atom stereocenters. The van der Waals surface area contributed by atoms with Crippen LogP contribution in [0.4, 0.5) is 5.69 Å². The minimum atomic E-state index is 0. The summed E-state index contributed by atoms with van der Waals surface area (Å²) in [5, 5.41) is 0. The molecular formula is C14H25BNNi. The van der Waals surface area contributed by atoms with Crippen molar-refractivity contribution in [2.24, 2.45) is 0 Å². The predicted octanol–water partition coefficient (Wildman–Crippen LogP) is 2.74. The van der Waals surface area contributed by atoms with Crippen LogP contribution in [0.25, 0.3) is 0 Å². The zero-order valence-corrected chi connectivity index (χ0v) is 12.6. The Labute approximate surface area is 119 Å². The van der Waals surface area contributed by atoms with Gasteiger partial charge in [0.2, 0.25) is 0 Å². The molecule has 0 heterocycles. The van der Waals surface area contributed by atoms with E-state index < -0.39 is 0 Å². The minimum absolute atomic E-state index is 0.